The summed E-state index contributed by atoms with van der Waals surface area (Å²) in [6.45, 7) is 0. The van der Waals surface area contributed by atoms with Crippen molar-refractivity contribution in [2.45, 2.75) is 0 Å². The number of hydrogen-bond donors (Lipinski definition) is 0. The minimum Gasteiger partial charge on any atom is -0.453 e. The third-order valence-electron chi connectivity index (χ3n) is 10.3. The van der Waals surface area contributed by atoms with Crippen LogP contribution in [0.3, 0.4) is 0 Å². The Balaban J connectivity index is 1.07. The van der Waals surface area contributed by atoms with Crippen LogP contribution in [0.2, 0.25) is 0 Å². The van der Waals surface area contributed by atoms with Gasteiger partial charge >= 0.3 is 0 Å². The number of aromatic nitrogens is 3. The summed E-state index contributed by atoms with van der Waals surface area (Å²) in [5.74, 6) is 2.30. The zero-order valence-electron chi connectivity index (χ0n) is 28.9. The van der Waals surface area contributed by atoms with E-state index < -0.39 is 0 Å². The first-order valence-electron chi connectivity index (χ1n) is 18.0. The molecule has 0 bridgehead atoms. The van der Waals surface area contributed by atoms with E-state index in [0.29, 0.717) is 23.2 Å². The van der Waals surface area contributed by atoms with Gasteiger partial charge in [0, 0.05) is 36.7 Å². The fourth-order valence-electron chi connectivity index (χ4n) is 7.84. The van der Waals surface area contributed by atoms with Crippen LogP contribution in [-0.4, -0.2) is 15.0 Å². The van der Waals surface area contributed by atoms with Crippen LogP contribution in [0.15, 0.2) is 180 Å². The van der Waals surface area contributed by atoms with Gasteiger partial charge in [0.15, 0.2) is 23.2 Å². The van der Waals surface area contributed by atoms with Crippen LogP contribution in [0.25, 0.3) is 109 Å². The summed E-state index contributed by atoms with van der Waals surface area (Å²) >= 11 is 1.79. The Kier molecular flexibility index (Phi) is 7.00. The largest absolute Gasteiger partial charge is 0.453 e. The lowest BCUT2D eigenvalue weighted by Gasteiger charge is -2.17. The number of hydrogen-bond acceptors (Lipinski definition) is 5. The van der Waals surface area contributed by atoms with Crippen LogP contribution in [0, 0.1) is 0 Å². The number of fused-ring (bicyclic) bond motifs is 6. The molecule has 3 aromatic heterocycles. The number of thiophene rings is 1. The van der Waals surface area contributed by atoms with Crippen molar-refractivity contribution in [2.24, 2.45) is 0 Å². The lowest BCUT2D eigenvalue weighted by molar-refractivity contribution is 0.625. The number of furan rings is 1. The maximum atomic E-state index is 6.30. The summed E-state index contributed by atoms with van der Waals surface area (Å²) in [4.78, 5) is 15.1. The second-order valence-corrected chi connectivity index (χ2v) is 14.6. The average molecular weight is 708 g/mol. The molecular weight excluding hydrogens is 679 g/mol. The van der Waals surface area contributed by atoms with E-state index in [-0.39, 0.29) is 0 Å². The zero-order chi connectivity index (χ0) is 35.6. The molecule has 0 aliphatic carbocycles. The summed E-state index contributed by atoms with van der Waals surface area (Å²) in [7, 11) is 0. The molecule has 0 aliphatic heterocycles. The van der Waals surface area contributed by atoms with E-state index in [9.17, 15) is 0 Å². The Morgan fingerprint density at radius 2 is 0.852 bits per heavy atom. The predicted molar refractivity (Wildman–Crippen MR) is 225 cm³/mol. The predicted octanol–water partition coefficient (Wildman–Crippen LogP) is 13.6. The maximum absolute atomic E-state index is 6.30. The van der Waals surface area contributed by atoms with Crippen molar-refractivity contribution in [3.63, 3.8) is 0 Å². The van der Waals surface area contributed by atoms with Gasteiger partial charge in [-0.25, -0.2) is 15.0 Å². The molecule has 0 amide bonds. The Labute approximate surface area is 314 Å². The second-order valence-electron chi connectivity index (χ2n) is 13.5. The third kappa shape index (κ3) is 5.01. The molecule has 0 N–H and O–H groups in total. The number of para-hydroxylation sites is 1. The normalized spacial score (nSPS) is 11.7. The minimum absolute atomic E-state index is 0.500. The van der Waals surface area contributed by atoms with Gasteiger partial charge < -0.3 is 4.42 Å². The quantitative estimate of drug-likeness (QED) is 0.167. The Morgan fingerprint density at radius 3 is 1.54 bits per heavy atom. The van der Waals surface area contributed by atoms with Crippen molar-refractivity contribution < 1.29 is 4.42 Å². The first kappa shape index (κ1) is 30.7. The molecule has 0 fully saturated rings. The molecule has 5 heteroatoms. The summed E-state index contributed by atoms with van der Waals surface area (Å²) < 4.78 is 8.76. The lowest BCUT2D eigenvalue weighted by Crippen LogP contribution is -1.99. The van der Waals surface area contributed by atoms with Crippen LogP contribution in [-0.2, 0) is 0 Å². The number of benzene rings is 8. The van der Waals surface area contributed by atoms with Gasteiger partial charge in [0.2, 0.25) is 0 Å². The van der Waals surface area contributed by atoms with Crippen molar-refractivity contribution >= 4 is 64.0 Å². The molecule has 0 saturated heterocycles. The van der Waals surface area contributed by atoms with E-state index in [1.807, 2.05) is 30.3 Å². The Bertz CT molecular complexity index is 3130. The van der Waals surface area contributed by atoms with Crippen LogP contribution in [0.5, 0.6) is 0 Å². The van der Waals surface area contributed by atoms with Gasteiger partial charge in [-0.3, -0.25) is 0 Å². The fraction of sp³-hybridized carbons (Fsp3) is 0. The second kappa shape index (κ2) is 12.3. The fourth-order valence-corrected chi connectivity index (χ4v) is 8.99. The molecule has 0 aliphatic rings. The smallest absolute Gasteiger partial charge is 0.199 e. The SMILES string of the molecule is c1ccc(-c2c3ccccc3c(-c3ccc(-c4nc(-c5ccc6c(c5)sc5ccccc56)nc(-c5cc6ccccc6o5)n4)cc3)c3ccccc23)cc1. The number of rotatable bonds is 5. The van der Waals surface area contributed by atoms with Gasteiger partial charge in [0.05, 0.1) is 0 Å². The highest BCUT2D eigenvalue weighted by Crippen LogP contribution is 2.44. The molecule has 0 radical (unpaired) electrons. The first-order chi connectivity index (χ1) is 26.7. The molecule has 54 heavy (non-hydrogen) atoms. The lowest BCUT2D eigenvalue weighted by atomic mass is 9.86. The van der Waals surface area contributed by atoms with E-state index in [0.717, 1.165) is 27.7 Å². The standard InChI is InChI=1S/C49H29N3OS/c1-2-12-30(13-3-1)45-37-16-5-7-18-39(37)46(40-19-8-6-17-38(40)45)31-22-24-32(25-23-31)47-50-48(52-49(51-47)42-28-33-14-4-10-20-41(33)53-42)34-26-27-36-35-15-9-11-21-43(35)54-44(36)29-34/h1-29H. The molecule has 0 spiro atoms. The van der Waals surface area contributed by atoms with Crippen molar-refractivity contribution in [2.75, 3.05) is 0 Å². The van der Waals surface area contributed by atoms with Gasteiger partial charge in [-0.05, 0) is 68.1 Å². The molecule has 0 saturated carbocycles. The van der Waals surface area contributed by atoms with Crippen LogP contribution in [0.1, 0.15) is 0 Å². The summed E-state index contributed by atoms with van der Waals surface area (Å²) in [5.41, 5.74) is 7.44. The highest BCUT2D eigenvalue weighted by Gasteiger charge is 2.19. The topological polar surface area (TPSA) is 51.8 Å². The zero-order valence-corrected chi connectivity index (χ0v) is 29.7. The molecule has 252 valence electrons. The Hall–Kier alpha value is -6.95. The van der Waals surface area contributed by atoms with Gasteiger partial charge in [-0.1, -0.05) is 152 Å². The highest BCUT2D eigenvalue weighted by molar-refractivity contribution is 7.25. The molecule has 3 heterocycles. The van der Waals surface area contributed by atoms with E-state index in [4.69, 9.17) is 19.4 Å². The van der Waals surface area contributed by atoms with Crippen LogP contribution < -0.4 is 0 Å². The average Bonchev–Trinajstić information content (AvgIpc) is 3.85. The van der Waals surface area contributed by atoms with Crippen LogP contribution in [0.4, 0.5) is 0 Å². The van der Waals surface area contributed by atoms with Crippen molar-refractivity contribution in [1.82, 2.24) is 15.0 Å². The van der Waals surface area contributed by atoms with E-state index in [2.05, 4.69) is 146 Å². The van der Waals surface area contributed by atoms with Crippen molar-refractivity contribution in [3.05, 3.63) is 176 Å². The van der Waals surface area contributed by atoms with E-state index >= 15 is 0 Å². The molecule has 11 rings (SSSR count). The summed E-state index contributed by atoms with van der Waals surface area (Å²) in [5, 5.41) is 8.40. The van der Waals surface area contributed by atoms with Gasteiger partial charge in [0.1, 0.15) is 5.58 Å². The van der Waals surface area contributed by atoms with Crippen LogP contribution >= 0.6 is 11.3 Å². The third-order valence-corrected chi connectivity index (χ3v) is 11.5. The molecule has 8 aromatic carbocycles. The Morgan fingerprint density at radius 1 is 0.352 bits per heavy atom. The molecular formula is C49H29N3OS. The van der Waals surface area contributed by atoms with Crippen molar-refractivity contribution in [1.29, 1.82) is 0 Å². The summed E-state index contributed by atoms with van der Waals surface area (Å²) in [6, 6.07) is 61.8. The molecule has 0 atom stereocenters. The molecule has 11 aromatic rings. The molecule has 4 nitrogen and oxygen atoms in total. The van der Waals surface area contributed by atoms with Gasteiger partial charge in [0.25, 0.3) is 0 Å². The monoisotopic (exact) mass is 707 g/mol. The van der Waals surface area contributed by atoms with Gasteiger partial charge in [-0.2, -0.15) is 0 Å². The van der Waals surface area contributed by atoms with E-state index in [1.54, 1.807) is 11.3 Å². The van der Waals surface area contributed by atoms with Crippen molar-refractivity contribution in [3.8, 4) is 56.6 Å². The number of nitrogens with zero attached hydrogens (tertiary/aromatic N) is 3. The summed E-state index contributed by atoms with van der Waals surface area (Å²) in [6.07, 6.45) is 0. The highest BCUT2D eigenvalue weighted by atomic mass is 32.1. The molecule has 0 unspecified atom stereocenters. The maximum Gasteiger partial charge on any atom is 0.199 e. The van der Waals surface area contributed by atoms with E-state index in [1.165, 1.54) is 58.4 Å². The van der Waals surface area contributed by atoms with Gasteiger partial charge in [-0.15, -0.1) is 11.3 Å². The minimum atomic E-state index is 0.500. The first-order valence-corrected chi connectivity index (χ1v) is 18.8.